The molecule has 2 amide bonds. The van der Waals surface area contributed by atoms with Crippen LogP contribution in [-0.4, -0.2) is 57.6 Å². The van der Waals surface area contributed by atoms with E-state index in [2.05, 4.69) is 5.10 Å². The number of aryl methyl sites for hydroxylation is 1. The smallest absolute Gasteiger partial charge is 0.227 e. The summed E-state index contributed by atoms with van der Waals surface area (Å²) in [5.74, 6) is 0.516. The highest BCUT2D eigenvalue weighted by Crippen LogP contribution is 2.24. The van der Waals surface area contributed by atoms with Crippen LogP contribution in [0.2, 0.25) is 0 Å². The second-order valence-corrected chi connectivity index (χ2v) is 8.26. The summed E-state index contributed by atoms with van der Waals surface area (Å²) in [5, 5.41) is 4.65. The van der Waals surface area contributed by atoms with Gasteiger partial charge in [0, 0.05) is 43.4 Å². The molecular formula is C23H30N4O2. The number of para-hydroxylation sites is 1. The van der Waals surface area contributed by atoms with Gasteiger partial charge in [-0.15, -0.1) is 0 Å². The van der Waals surface area contributed by atoms with Crippen LogP contribution in [0, 0.1) is 19.8 Å². The predicted molar refractivity (Wildman–Crippen MR) is 112 cm³/mol. The van der Waals surface area contributed by atoms with Crippen LogP contribution in [0.3, 0.4) is 0 Å². The molecule has 29 heavy (non-hydrogen) atoms. The number of carbonyl (C=O) groups excluding carboxylic acids is 2. The Kier molecular flexibility index (Phi) is 5.69. The first-order valence-corrected chi connectivity index (χ1v) is 10.7. The molecule has 2 fully saturated rings. The van der Waals surface area contributed by atoms with Gasteiger partial charge in [0.05, 0.1) is 17.8 Å². The molecule has 2 aromatic rings. The summed E-state index contributed by atoms with van der Waals surface area (Å²) in [7, 11) is 0. The number of hydrogen-bond acceptors (Lipinski definition) is 3. The van der Waals surface area contributed by atoms with Crippen LogP contribution in [0.1, 0.15) is 42.6 Å². The molecular weight excluding hydrogens is 364 g/mol. The van der Waals surface area contributed by atoms with Crippen molar-refractivity contribution in [3.05, 3.63) is 47.3 Å². The van der Waals surface area contributed by atoms with Crippen LogP contribution in [0.4, 0.5) is 0 Å². The molecule has 1 aromatic carbocycles. The van der Waals surface area contributed by atoms with Gasteiger partial charge in [-0.2, -0.15) is 5.10 Å². The summed E-state index contributed by atoms with van der Waals surface area (Å²) in [4.78, 5) is 29.5. The van der Waals surface area contributed by atoms with Crippen LogP contribution >= 0.6 is 0 Å². The topological polar surface area (TPSA) is 58.4 Å². The molecule has 2 aliphatic rings. The van der Waals surface area contributed by atoms with Crippen LogP contribution in [0.15, 0.2) is 30.3 Å². The van der Waals surface area contributed by atoms with E-state index in [1.807, 2.05) is 58.7 Å². The van der Waals surface area contributed by atoms with E-state index in [-0.39, 0.29) is 11.8 Å². The quantitative estimate of drug-likeness (QED) is 0.801. The van der Waals surface area contributed by atoms with E-state index in [4.69, 9.17) is 0 Å². The number of likely N-dealkylation sites (tertiary alicyclic amines) is 2. The molecule has 6 nitrogen and oxygen atoms in total. The molecule has 3 heterocycles. The minimum Gasteiger partial charge on any atom is -0.342 e. The normalized spacial score (nSPS) is 17.7. The Bertz CT molecular complexity index is 876. The standard InChI is InChI=1S/C23H30N4O2/c1-17-21(18(2)27(24-17)20-8-4-3-5-9-20)16-22(28)25-14-10-19(11-15-25)23(29)26-12-6-7-13-26/h3-5,8-9,19H,6-7,10-16H2,1-2H3. The van der Waals surface area contributed by atoms with Gasteiger partial charge in [0.1, 0.15) is 0 Å². The van der Waals surface area contributed by atoms with E-state index < -0.39 is 0 Å². The molecule has 0 N–H and O–H groups in total. The summed E-state index contributed by atoms with van der Waals surface area (Å²) in [5.41, 5.74) is 3.93. The Morgan fingerprint density at radius 3 is 2.28 bits per heavy atom. The van der Waals surface area contributed by atoms with Gasteiger partial charge in [-0.25, -0.2) is 4.68 Å². The number of nitrogens with zero attached hydrogens (tertiary/aromatic N) is 4. The van der Waals surface area contributed by atoms with Crippen molar-refractivity contribution in [2.75, 3.05) is 26.2 Å². The molecule has 2 saturated heterocycles. The van der Waals surface area contributed by atoms with Gasteiger partial charge in [-0.05, 0) is 51.7 Å². The van der Waals surface area contributed by atoms with Gasteiger partial charge in [0.15, 0.2) is 0 Å². The van der Waals surface area contributed by atoms with E-state index in [9.17, 15) is 9.59 Å². The Labute approximate surface area is 172 Å². The van der Waals surface area contributed by atoms with Crippen LogP contribution in [0.25, 0.3) is 5.69 Å². The third-order valence-electron chi connectivity index (χ3n) is 6.38. The predicted octanol–water partition coefficient (Wildman–Crippen LogP) is 2.89. The summed E-state index contributed by atoms with van der Waals surface area (Å²) in [6, 6.07) is 10.0. The molecule has 0 saturated carbocycles. The van der Waals surface area contributed by atoms with Gasteiger partial charge in [-0.3, -0.25) is 9.59 Å². The van der Waals surface area contributed by atoms with Crippen LogP contribution in [-0.2, 0) is 16.0 Å². The summed E-state index contributed by atoms with van der Waals surface area (Å²) in [6.45, 7) is 7.15. The van der Waals surface area contributed by atoms with Crippen molar-refractivity contribution in [2.24, 2.45) is 5.92 Å². The maximum absolute atomic E-state index is 12.9. The van der Waals surface area contributed by atoms with Gasteiger partial charge < -0.3 is 9.80 Å². The molecule has 6 heteroatoms. The van der Waals surface area contributed by atoms with Crippen LogP contribution in [0.5, 0.6) is 0 Å². The Hall–Kier alpha value is -2.63. The van der Waals surface area contributed by atoms with E-state index in [1.165, 1.54) is 0 Å². The third-order valence-corrected chi connectivity index (χ3v) is 6.38. The van der Waals surface area contributed by atoms with E-state index in [0.717, 1.165) is 61.4 Å². The molecule has 154 valence electrons. The van der Waals surface area contributed by atoms with Crippen molar-refractivity contribution >= 4 is 11.8 Å². The number of amides is 2. The number of hydrogen-bond donors (Lipinski definition) is 0. The zero-order valence-corrected chi connectivity index (χ0v) is 17.4. The highest BCUT2D eigenvalue weighted by atomic mass is 16.2. The monoisotopic (exact) mass is 394 g/mol. The first-order valence-electron chi connectivity index (χ1n) is 10.7. The molecule has 0 atom stereocenters. The average molecular weight is 395 g/mol. The van der Waals surface area contributed by atoms with Crippen molar-refractivity contribution in [1.29, 1.82) is 0 Å². The fourth-order valence-electron chi connectivity index (χ4n) is 4.59. The lowest BCUT2D eigenvalue weighted by Crippen LogP contribution is -2.44. The number of piperidine rings is 1. The second-order valence-electron chi connectivity index (χ2n) is 8.26. The van der Waals surface area contributed by atoms with Gasteiger partial charge in [-0.1, -0.05) is 18.2 Å². The lowest BCUT2D eigenvalue weighted by Gasteiger charge is -2.33. The Morgan fingerprint density at radius 2 is 1.62 bits per heavy atom. The fourth-order valence-corrected chi connectivity index (χ4v) is 4.59. The van der Waals surface area contributed by atoms with E-state index >= 15 is 0 Å². The molecule has 0 radical (unpaired) electrons. The van der Waals surface area contributed by atoms with E-state index in [1.54, 1.807) is 0 Å². The fraction of sp³-hybridized carbons (Fsp3) is 0.522. The maximum Gasteiger partial charge on any atom is 0.227 e. The van der Waals surface area contributed by atoms with Crippen molar-refractivity contribution in [2.45, 2.75) is 46.0 Å². The highest BCUT2D eigenvalue weighted by Gasteiger charge is 2.31. The summed E-state index contributed by atoms with van der Waals surface area (Å²) in [6.07, 6.45) is 4.18. The zero-order chi connectivity index (χ0) is 20.4. The van der Waals surface area contributed by atoms with Crippen molar-refractivity contribution < 1.29 is 9.59 Å². The third kappa shape index (κ3) is 4.07. The molecule has 0 bridgehead atoms. The zero-order valence-electron chi connectivity index (χ0n) is 17.4. The van der Waals surface area contributed by atoms with Crippen LogP contribution < -0.4 is 0 Å². The first-order chi connectivity index (χ1) is 14.0. The van der Waals surface area contributed by atoms with Crippen molar-refractivity contribution in [3.8, 4) is 5.69 Å². The molecule has 0 spiro atoms. The minimum absolute atomic E-state index is 0.0847. The number of carbonyl (C=O) groups is 2. The Balaban J connectivity index is 1.38. The largest absolute Gasteiger partial charge is 0.342 e. The lowest BCUT2D eigenvalue weighted by molar-refractivity contribution is -0.139. The molecule has 2 aliphatic heterocycles. The second kappa shape index (κ2) is 8.39. The Morgan fingerprint density at radius 1 is 0.966 bits per heavy atom. The summed E-state index contributed by atoms with van der Waals surface area (Å²) < 4.78 is 1.92. The lowest BCUT2D eigenvalue weighted by atomic mass is 9.95. The van der Waals surface area contributed by atoms with Gasteiger partial charge in [0.2, 0.25) is 11.8 Å². The molecule has 0 unspecified atom stereocenters. The molecule has 0 aliphatic carbocycles. The van der Waals surface area contributed by atoms with Crippen molar-refractivity contribution in [3.63, 3.8) is 0 Å². The number of benzene rings is 1. The number of aromatic nitrogens is 2. The first kappa shape index (κ1) is 19.7. The average Bonchev–Trinajstić information content (AvgIpc) is 3.38. The highest BCUT2D eigenvalue weighted by molar-refractivity contribution is 5.81. The van der Waals surface area contributed by atoms with E-state index in [0.29, 0.717) is 25.4 Å². The maximum atomic E-state index is 12.9. The minimum atomic E-state index is 0.0847. The van der Waals surface area contributed by atoms with Gasteiger partial charge >= 0.3 is 0 Å². The SMILES string of the molecule is Cc1nn(-c2ccccc2)c(C)c1CC(=O)N1CCC(C(=O)N2CCCC2)CC1. The molecule has 4 rings (SSSR count). The molecule has 1 aromatic heterocycles. The number of rotatable bonds is 4. The van der Waals surface area contributed by atoms with Crippen molar-refractivity contribution in [1.82, 2.24) is 19.6 Å². The van der Waals surface area contributed by atoms with Gasteiger partial charge in [0.25, 0.3) is 0 Å². The summed E-state index contributed by atoms with van der Waals surface area (Å²) >= 11 is 0.